The van der Waals surface area contributed by atoms with Gasteiger partial charge in [-0.05, 0) is 12.8 Å². The molecule has 1 heterocycles. The second kappa shape index (κ2) is 4.81. The van der Waals surface area contributed by atoms with Crippen LogP contribution in [-0.4, -0.2) is 31.0 Å². The lowest BCUT2D eigenvalue weighted by molar-refractivity contribution is -0.272. The first-order chi connectivity index (χ1) is 7.26. The molecule has 0 aromatic rings. The molecule has 1 aliphatic rings. The number of rotatable bonds is 2. The van der Waals surface area contributed by atoms with Gasteiger partial charge in [0, 0.05) is 6.61 Å². The van der Waals surface area contributed by atoms with Gasteiger partial charge in [-0.1, -0.05) is 12.8 Å². The molecule has 0 aliphatic carbocycles. The number of alkyl halides is 6. The second-order valence-corrected chi connectivity index (χ2v) is 3.79. The Labute approximate surface area is 88.8 Å². The molecular formula is C9H12F6O. The van der Waals surface area contributed by atoms with E-state index in [-0.39, 0.29) is 13.0 Å². The van der Waals surface area contributed by atoms with Crippen molar-refractivity contribution in [3.8, 4) is 0 Å². The highest BCUT2D eigenvalue weighted by Gasteiger charge is 2.60. The van der Waals surface area contributed by atoms with Crippen molar-refractivity contribution in [1.29, 1.82) is 0 Å². The van der Waals surface area contributed by atoms with Crippen LogP contribution in [0.5, 0.6) is 0 Å². The molecule has 0 saturated carbocycles. The van der Waals surface area contributed by atoms with Crippen molar-refractivity contribution in [2.45, 2.75) is 50.1 Å². The maximum atomic E-state index is 13.2. The van der Waals surface area contributed by atoms with Crippen LogP contribution in [0.25, 0.3) is 0 Å². The average molecular weight is 250 g/mol. The molecule has 1 aliphatic heterocycles. The van der Waals surface area contributed by atoms with Gasteiger partial charge >= 0.3 is 12.1 Å². The van der Waals surface area contributed by atoms with Crippen LogP contribution in [0.2, 0.25) is 0 Å². The zero-order chi connectivity index (χ0) is 12.4. The van der Waals surface area contributed by atoms with E-state index in [1.54, 1.807) is 0 Å². The second-order valence-electron chi connectivity index (χ2n) is 3.79. The molecule has 96 valence electrons. The first-order valence-corrected chi connectivity index (χ1v) is 4.96. The summed E-state index contributed by atoms with van der Waals surface area (Å²) in [5.74, 6) is -4.51. The predicted octanol–water partition coefficient (Wildman–Crippen LogP) is 3.48. The van der Waals surface area contributed by atoms with E-state index in [2.05, 4.69) is 4.74 Å². The highest BCUT2D eigenvalue weighted by atomic mass is 19.4. The molecule has 1 nitrogen and oxygen atoms in total. The van der Waals surface area contributed by atoms with Gasteiger partial charge in [-0.3, -0.25) is 0 Å². The van der Waals surface area contributed by atoms with Gasteiger partial charge in [0.25, 0.3) is 6.17 Å². The number of hydrogen-bond donors (Lipinski definition) is 0. The van der Waals surface area contributed by atoms with Gasteiger partial charge in [-0.2, -0.15) is 13.2 Å². The minimum absolute atomic E-state index is 0.0508. The molecule has 2 atom stereocenters. The van der Waals surface area contributed by atoms with E-state index in [0.29, 0.717) is 19.3 Å². The summed E-state index contributed by atoms with van der Waals surface area (Å²) in [4.78, 5) is 0. The third kappa shape index (κ3) is 3.02. The SMILES string of the molecule is FC(C(F)(F)F)C(F)(F)C1CCCCCO1. The first-order valence-electron chi connectivity index (χ1n) is 4.96. The maximum Gasteiger partial charge on any atom is 0.425 e. The Morgan fingerprint density at radius 1 is 1.00 bits per heavy atom. The molecule has 2 unspecified atom stereocenters. The minimum Gasteiger partial charge on any atom is -0.372 e. The summed E-state index contributed by atoms with van der Waals surface area (Å²) >= 11 is 0. The molecule has 1 fully saturated rings. The van der Waals surface area contributed by atoms with E-state index >= 15 is 0 Å². The van der Waals surface area contributed by atoms with E-state index in [4.69, 9.17) is 0 Å². The Bertz CT molecular complexity index is 219. The van der Waals surface area contributed by atoms with E-state index in [1.807, 2.05) is 0 Å². The van der Waals surface area contributed by atoms with Crippen molar-refractivity contribution in [3.05, 3.63) is 0 Å². The molecule has 0 radical (unpaired) electrons. The Morgan fingerprint density at radius 3 is 2.19 bits per heavy atom. The van der Waals surface area contributed by atoms with Crippen molar-refractivity contribution in [3.63, 3.8) is 0 Å². The fourth-order valence-electron chi connectivity index (χ4n) is 1.60. The van der Waals surface area contributed by atoms with Crippen LogP contribution in [0.3, 0.4) is 0 Å². The summed E-state index contributed by atoms with van der Waals surface area (Å²) in [6, 6.07) is 0. The molecule has 0 amide bonds. The average Bonchev–Trinajstić information content (AvgIpc) is 2.43. The van der Waals surface area contributed by atoms with E-state index in [9.17, 15) is 26.3 Å². The van der Waals surface area contributed by atoms with Crippen LogP contribution in [0, 0.1) is 0 Å². The predicted molar refractivity (Wildman–Crippen MR) is 44.1 cm³/mol. The lowest BCUT2D eigenvalue weighted by Crippen LogP contribution is -2.50. The van der Waals surface area contributed by atoms with Gasteiger partial charge in [0.05, 0.1) is 0 Å². The van der Waals surface area contributed by atoms with E-state index in [0.717, 1.165) is 0 Å². The first kappa shape index (κ1) is 13.6. The van der Waals surface area contributed by atoms with Gasteiger partial charge in [0.2, 0.25) is 0 Å². The van der Waals surface area contributed by atoms with Gasteiger partial charge in [-0.15, -0.1) is 0 Å². The molecule has 0 N–H and O–H groups in total. The number of halogens is 6. The van der Waals surface area contributed by atoms with Crippen molar-refractivity contribution in [2.75, 3.05) is 6.61 Å². The van der Waals surface area contributed by atoms with Crippen molar-refractivity contribution in [2.24, 2.45) is 0 Å². The van der Waals surface area contributed by atoms with Crippen molar-refractivity contribution in [1.82, 2.24) is 0 Å². The van der Waals surface area contributed by atoms with Crippen LogP contribution < -0.4 is 0 Å². The summed E-state index contributed by atoms with van der Waals surface area (Å²) in [5.41, 5.74) is 0. The summed E-state index contributed by atoms with van der Waals surface area (Å²) in [5, 5.41) is 0. The van der Waals surface area contributed by atoms with Crippen LogP contribution >= 0.6 is 0 Å². The molecule has 0 aromatic heterocycles. The quantitative estimate of drug-likeness (QED) is 0.682. The summed E-state index contributed by atoms with van der Waals surface area (Å²) in [6.07, 6.45) is -10.5. The normalized spacial score (nSPS) is 26.2. The van der Waals surface area contributed by atoms with Gasteiger partial charge in [-0.25, -0.2) is 13.2 Å². The van der Waals surface area contributed by atoms with Gasteiger partial charge in [0.15, 0.2) is 0 Å². The Hall–Kier alpha value is -0.460. The number of hydrogen-bond acceptors (Lipinski definition) is 1. The molecule has 1 rings (SSSR count). The van der Waals surface area contributed by atoms with Crippen LogP contribution in [0.15, 0.2) is 0 Å². The van der Waals surface area contributed by atoms with Gasteiger partial charge in [0.1, 0.15) is 6.10 Å². The summed E-state index contributed by atoms with van der Waals surface area (Å²) in [6.45, 7) is -0.0508. The zero-order valence-electron chi connectivity index (χ0n) is 8.37. The molecule has 16 heavy (non-hydrogen) atoms. The van der Waals surface area contributed by atoms with Crippen LogP contribution in [0.1, 0.15) is 25.7 Å². The Kier molecular flexibility index (Phi) is 4.09. The van der Waals surface area contributed by atoms with Crippen LogP contribution in [0.4, 0.5) is 26.3 Å². The Morgan fingerprint density at radius 2 is 1.62 bits per heavy atom. The van der Waals surface area contributed by atoms with Crippen molar-refractivity contribution >= 4 is 0 Å². The molecular weight excluding hydrogens is 238 g/mol. The third-order valence-electron chi connectivity index (χ3n) is 2.48. The lowest BCUT2D eigenvalue weighted by atomic mass is 10.0. The monoisotopic (exact) mass is 250 g/mol. The smallest absolute Gasteiger partial charge is 0.372 e. The molecule has 0 spiro atoms. The fraction of sp³-hybridized carbons (Fsp3) is 1.00. The van der Waals surface area contributed by atoms with E-state index < -0.39 is 24.4 Å². The standard InChI is InChI=1S/C9H12F6O/c10-7(9(13,14)15)8(11,12)6-4-2-1-3-5-16-6/h6-7H,1-5H2. The maximum absolute atomic E-state index is 13.2. The molecule has 0 aromatic carbocycles. The van der Waals surface area contributed by atoms with Crippen LogP contribution in [-0.2, 0) is 4.74 Å². The van der Waals surface area contributed by atoms with Gasteiger partial charge < -0.3 is 4.74 Å². The number of ether oxygens (including phenoxy) is 1. The zero-order valence-corrected chi connectivity index (χ0v) is 8.37. The fourth-order valence-corrected chi connectivity index (χ4v) is 1.60. The third-order valence-corrected chi connectivity index (χ3v) is 2.48. The molecule has 0 bridgehead atoms. The molecule has 1 saturated heterocycles. The molecule has 7 heteroatoms. The van der Waals surface area contributed by atoms with E-state index in [1.165, 1.54) is 0 Å². The Balaban J connectivity index is 2.74. The topological polar surface area (TPSA) is 9.23 Å². The summed E-state index contributed by atoms with van der Waals surface area (Å²) in [7, 11) is 0. The van der Waals surface area contributed by atoms with Crippen molar-refractivity contribution < 1.29 is 31.1 Å². The minimum atomic E-state index is -5.56. The lowest BCUT2D eigenvalue weighted by Gasteiger charge is -2.29. The highest BCUT2D eigenvalue weighted by molar-refractivity contribution is 4.90. The summed E-state index contributed by atoms with van der Waals surface area (Å²) < 4.78 is 79.2. The largest absolute Gasteiger partial charge is 0.425 e. The highest BCUT2D eigenvalue weighted by Crippen LogP contribution is 2.40.